The Bertz CT molecular complexity index is 424. The Balaban J connectivity index is 2.48. The van der Waals surface area contributed by atoms with Crippen LogP contribution in [-0.4, -0.2) is 19.2 Å². The summed E-state index contributed by atoms with van der Waals surface area (Å²) in [6.45, 7) is 8.83. The molecule has 0 N–H and O–H groups in total. The van der Waals surface area contributed by atoms with E-state index in [0.29, 0.717) is 12.5 Å². The van der Waals surface area contributed by atoms with E-state index in [1.807, 2.05) is 13.0 Å². The largest absolute Gasteiger partial charge is 0.482 e. The third kappa shape index (κ3) is 5.64. The molecule has 0 aromatic heterocycles. The number of benzene rings is 1. The van der Waals surface area contributed by atoms with Crippen LogP contribution in [0.2, 0.25) is 0 Å². The van der Waals surface area contributed by atoms with E-state index < -0.39 is 0 Å². The zero-order valence-corrected chi connectivity index (χ0v) is 13.1. The van der Waals surface area contributed by atoms with Crippen LogP contribution < -0.4 is 4.74 Å². The summed E-state index contributed by atoms with van der Waals surface area (Å²) in [4.78, 5) is 11.6. The molecule has 0 atom stereocenters. The number of carbonyl (C=O) groups is 1. The molecule has 3 nitrogen and oxygen atoms in total. The molecule has 0 saturated heterocycles. The highest BCUT2D eigenvalue weighted by atomic mass is 16.6. The van der Waals surface area contributed by atoms with Gasteiger partial charge in [-0.1, -0.05) is 45.7 Å². The second-order valence-electron chi connectivity index (χ2n) is 5.41. The van der Waals surface area contributed by atoms with Crippen LogP contribution in [0.15, 0.2) is 18.2 Å². The van der Waals surface area contributed by atoms with Crippen molar-refractivity contribution in [2.45, 2.75) is 52.9 Å². The van der Waals surface area contributed by atoms with Crippen LogP contribution in [0.1, 0.15) is 57.1 Å². The summed E-state index contributed by atoms with van der Waals surface area (Å²) in [7, 11) is 0. The van der Waals surface area contributed by atoms with Crippen molar-refractivity contribution in [2.24, 2.45) is 0 Å². The number of hydrogen-bond donors (Lipinski definition) is 0. The fourth-order valence-electron chi connectivity index (χ4n) is 1.96. The summed E-state index contributed by atoms with van der Waals surface area (Å²) in [5.41, 5.74) is 2.25. The van der Waals surface area contributed by atoms with E-state index in [4.69, 9.17) is 9.47 Å². The molecule has 0 amide bonds. The summed E-state index contributed by atoms with van der Waals surface area (Å²) in [6.07, 6.45) is 3.13. The number of hydrogen-bond acceptors (Lipinski definition) is 3. The van der Waals surface area contributed by atoms with Gasteiger partial charge >= 0.3 is 5.97 Å². The maximum atomic E-state index is 11.6. The molecule has 0 spiro atoms. The first-order valence-electron chi connectivity index (χ1n) is 7.43. The molecule has 0 unspecified atom stereocenters. The van der Waals surface area contributed by atoms with Crippen molar-refractivity contribution < 1.29 is 14.3 Å². The second kappa shape index (κ2) is 8.62. The van der Waals surface area contributed by atoms with Gasteiger partial charge in [0.15, 0.2) is 6.61 Å². The lowest BCUT2D eigenvalue weighted by Gasteiger charge is -2.14. The standard InChI is InChI=1S/C17H26O3/c1-5-6-7-10-19-17(18)12-20-16-11-14(4)8-9-15(16)13(2)3/h8-9,11,13H,5-7,10,12H2,1-4H3. The van der Waals surface area contributed by atoms with Crippen LogP contribution in [0.25, 0.3) is 0 Å². The topological polar surface area (TPSA) is 35.5 Å². The first-order chi connectivity index (χ1) is 9.54. The molecule has 0 aliphatic rings. The van der Waals surface area contributed by atoms with Crippen LogP contribution in [0.4, 0.5) is 0 Å². The molecule has 112 valence electrons. The predicted octanol–water partition coefficient (Wildman–Crippen LogP) is 4.23. The van der Waals surface area contributed by atoms with Gasteiger partial charge < -0.3 is 9.47 Å². The van der Waals surface area contributed by atoms with Crippen LogP contribution in [0, 0.1) is 6.92 Å². The molecule has 0 fully saturated rings. The normalized spacial score (nSPS) is 10.7. The Labute approximate surface area is 122 Å². The molecule has 0 aliphatic heterocycles. The van der Waals surface area contributed by atoms with E-state index in [1.54, 1.807) is 0 Å². The van der Waals surface area contributed by atoms with Crippen molar-refractivity contribution in [1.82, 2.24) is 0 Å². The molecular formula is C17H26O3. The highest BCUT2D eigenvalue weighted by Gasteiger charge is 2.10. The SMILES string of the molecule is CCCCCOC(=O)COc1cc(C)ccc1C(C)C. The van der Waals surface area contributed by atoms with E-state index in [-0.39, 0.29) is 12.6 Å². The van der Waals surface area contributed by atoms with Crippen molar-refractivity contribution in [1.29, 1.82) is 0 Å². The van der Waals surface area contributed by atoms with Gasteiger partial charge in [0, 0.05) is 0 Å². The zero-order chi connectivity index (χ0) is 15.0. The molecular weight excluding hydrogens is 252 g/mol. The third-order valence-electron chi connectivity index (χ3n) is 3.15. The quantitative estimate of drug-likeness (QED) is 0.527. The monoisotopic (exact) mass is 278 g/mol. The molecule has 1 rings (SSSR count). The maximum absolute atomic E-state index is 11.6. The van der Waals surface area contributed by atoms with Crippen molar-refractivity contribution in [3.05, 3.63) is 29.3 Å². The first-order valence-corrected chi connectivity index (χ1v) is 7.43. The summed E-state index contributed by atoms with van der Waals surface area (Å²) >= 11 is 0. The molecule has 0 saturated carbocycles. The number of carbonyl (C=O) groups excluding carboxylic acids is 1. The second-order valence-corrected chi connectivity index (χ2v) is 5.41. The van der Waals surface area contributed by atoms with Crippen LogP contribution in [0.5, 0.6) is 5.75 Å². The van der Waals surface area contributed by atoms with E-state index in [9.17, 15) is 4.79 Å². The zero-order valence-electron chi connectivity index (χ0n) is 13.1. The van der Waals surface area contributed by atoms with E-state index in [1.165, 1.54) is 0 Å². The van der Waals surface area contributed by atoms with E-state index >= 15 is 0 Å². The Kier molecular flexibility index (Phi) is 7.13. The van der Waals surface area contributed by atoms with Gasteiger partial charge in [0.25, 0.3) is 0 Å². The summed E-state index contributed by atoms with van der Waals surface area (Å²) in [6, 6.07) is 6.09. The molecule has 20 heavy (non-hydrogen) atoms. The van der Waals surface area contributed by atoms with Crippen molar-refractivity contribution in [3.8, 4) is 5.75 Å². The van der Waals surface area contributed by atoms with Gasteiger partial charge in [-0.05, 0) is 36.5 Å². The van der Waals surface area contributed by atoms with Gasteiger partial charge in [0.1, 0.15) is 5.75 Å². The lowest BCUT2D eigenvalue weighted by atomic mass is 10.0. The van der Waals surface area contributed by atoms with Crippen molar-refractivity contribution in [3.63, 3.8) is 0 Å². The van der Waals surface area contributed by atoms with Crippen LogP contribution >= 0.6 is 0 Å². The molecule has 0 bridgehead atoms. The first kappa shape index (κ1) is 16.5. The van der Waals surface area contributed by atoms with Gasteiger partial charge in [-0.3, -0.25) is 0 Å². The molecule has 0 radical (unpaired) electrons. The van der Waals surface area contributed by atoms with Crippen molar-refractivity contribution >= 4 is 5.97 Å². The number of unbranched alkanes of at least 4 members (excludes halogenated alkanes) is 2. The fraction of sp³-hybridized carbons (Fsp3) is 0.588. The van der Waals surface area contributed by atoms with Gasteiger partial charge in [0.05, 0.1) is 6.61 Å². The Morgan fingerprint density at radius 3 is 2.65 bits per heavy atom. The Morgan fingerprint density at radius 2 is 2.00 bits per heavy atom. The van der Waals surface area contributed by atoms with Gasteiger partial charge in [-0.15, -0.1) is 0 Å². The molecule has 0 heterocycles. The van der Waals surface area contributed by atoms with E-state index in [0.717, 1.165) is 36.1 Å². The smallest absolute Gasteiger partial charge is 0.344 e. The lowest BCUT2D eigenvalue weighted by Crippen LogP contribution is -2.16. The summed E-state index contributed by atoms with van der Waals surface area (Å²) in [5, 5.41) is 0. The summed E-state index contributed by atoms with van der Waals surface area (Å²) in [5.74, 6) is 0.856. The minimum atomic E-state index is -0.294. The third-order valence-corrected chi connectivity index (χ3v) is 3.15. The van der Waals surface area contributed by atoms with E-state index in [2.05, 4.69) is 32.9 Å². The molecule has 3 heteroatoms. The lowest BCUT2D eigenvalue weighted by molar-refractivity contribution is -0.146. The summed E-state index contributed by atoms with van der Waals surface area (Å²) < 4.78 is 10.8. The Hall–Kier alpha value is -1.51. The maximum Gasteiger partial charge on any atom is 0.344 e. The minimum absolute atomic E-state index is 0.0186. The number of aryl methyl sites for hydroxylation is 1. The van der Waals surface area contributed by atoms with Crippen LogP contribution in [-0.2, 0) is 9.53 Å². The number of esters is 1. The Morgan fingerprint density at radius 1 is 1.25 bits per heavy atom. The minimum Gasteiger partial charge on any atom is -0.482 e. The van der Waals surface area contributed by atoms with Crippen LogP contribution in [0.3, 0.4) is 0 Å². The van der Waals surface area contributed by atoms with Crippen molar-refractivity contribution in [2.75, 3.05) is 13.2 Å². The molecule has 0 aliphatic carbocycles. The number of rotatable bonds is 8. The fourth-order valence-corrected chi connectivity index (χ4v) is 1.96. The average molecular weight is 278 g/mol. The van der Waals surface area contributed by atoms with Gasteiger partial charge in [0.2, 0.25) is 0 Å². The predicted molar refractivity (Wildman–Crippen MR) is 81.2 cm³/mol. The highest BCUT2D eigenvalue weighted by Crippen LogP contribution is 2.27. The van der Waals surface area contributed by atoms with Gasteiger partial charge in [-0.2, -0.15) is 0 Å². The molecule has 1 aromatic carbocycles. The average Bonchev–Trinajstić information content (AvgIpc) is 2.41. The molecule has 1 aromatic rings. The number of ether oxygens (including phenoxy) is 2. The highest BCUT2D eigenvalue weighted by molar-refractivity contribution is 5.71. The van der Waals surface area contributed by atoms with Gasteiger partial charge in [-0.25, -0.2) is 4.79 Å².